The molecule has 0 atom stereocenters. The molecule has 1 aromatic heterocycles. The van der Waals surface area contributed by atoms with E-state index in [0.29, 0.717) is 34.4 Å². The number of aromatic hydroxyl groups is 1. The number of rotatable bonds is 8. The summed E-state index contributed by atoms with van der Waals surface area (Å²) in [6, 6.07) is 21.8. The van der Waals surface area contributed by atoms with E-state index in [-0.39, 0.29) is 23.1 Å². The molecule has 1 amide bonds. The number of hydrogen-bond acceptors (Lipinski definition) is 8. The second-order valence-corrected chi connectivity index (χ2v) is 12.8. The van der Waals surface area contributed by atoms with E-state index in [4.69, 9.17) is 9.55 Å². The van der Waals surface area contributed by atoms with E-state index < -0.39 is 16.1 Å². The first kappa shape index (κ1) is 34.3. The van der Waals surface area contributed by atoms with E-state index in [2.05, 4.69) is 16.8 Å². The minimum absolute atomic E-state index is 0.00833. The number of carbonyl (C=O) groups excluding carboxylic acids is 1. The molecule has 0 aliphatic carbocycles. The summed E-state index contributed by atoms with van der Waals surface area (Å²) in [6.45, 7) is 5.43. The Bertz CT molecular complexity index is 1830. The molecule has 1 fully saturated rings. The number of aryl methyl sites for hydroxylation is 1. The summed E-state index contributed by atoms with van der Waals surface area (Å²) in [5, 5.41) is 21.3. The summed E-state index contributed by atoms with van der Waals surface area (Å²) in [5.74, 6) is -1.21. The van der Waals surface area contributed by atoms with E-state index in [1.165, 1.54) is 13.0 Å². The van der Waals surface area contributed by atoms with Gasteiger partial charge in [0.1, 0.15) is 0 Å². The molecule has 1 saturated heterocycles. The van der Waals surface area contributed by atoms with E-state index >= 15 is 0 Å². The van der Waals surface area contributed by atoms with Gasteiger partial charge in [-0.1, -0.05) is 36.4 Å². The van der Waals surface area contributed by atoms with Gasteiger partial charge in [-0.3, -0.25) is 14.2 Å². The highest BCUT2D eigenvalue weighted by Gasteiger charge is 2.23. The van der Waals surface area contributed by atoms with Crippen molar-refractivity contribution < 1.29 is 32.8 Å². The maximum absolute atomic E-state index is 12.9. The van der Waals surface area contributed by atoms with Gasteiger partial charge in [0.15, 0.2) is 0 Å². The number of piperazine rings is 1. The molecular weight excluding hydrogens is 610 g/mol. The quantitative estimate of drug-likeness (QED) is 0.191. The molecule has 0 radical (unpaired) electrons. The number of carboxylic acid groups (broad SMARTS) is 1. The van der Waals surface area contributed by atoms with E-state index in [1.54, 1.807) is 35.7 Å². The van der Waals surface area contributed by atoms with Crippen LogP contribution in [-0.2, 0) is 22.0 Å². The van der Waals surface area contributed by atoms with Gasteiger partial charge in [-0.15, -0.1) is 0 Å². The molecule has 3 aromatic carbocycles. The van der Waals surface area contributed by atoms with Crippen LogP contribution in [0.25, 0.3) is 10.9 Å². The van der Waals surface area contributed by atoms with E-state index in [0.717, 1.165) is 37.4 Å². The van der Waals surface area contributed by atoms with Crippen LogP contribution in [0.5, 0.6) is 5.88 Å². The number of aliphatic imine (C=N–C) groups is 1. The third-order valence-corrected chi connectivity index (χ3v) is 8.60. The van der Waals surface area contributed by atoms with Crippen LogP contribution >= 0.6 is 0 Å². The second kappa shape index (κ2) is 14.7. The van der Waals surface area contributed by atoms with Crippen molar-refractivity contribution in [2.24, 2.45) is 12.0 Å². The third kappa shape index (κ3) is 8.37. The predicted molar refractivity (Wildman–Crippen MR) is 179 cm³/mol. The molecule has 1 aliphatic heterocycles. The minimum atomic E-state index is -3.66. The number of aromatic carboxylic acids is 1. The zero-order chi connectivity index (χ0) is 33.6. The Morgan fingerprint density at radius 2 is 1.52 bits per heavy atom. The zero-order valence-electron chi connectivity index (χ0n) is 26.3. The van der Waals surface area contributed by atoms with Crippen LogP contribution in [0.4, 0.5) is 11.4 Å². The van der Waals surface area contributed by atoms with Gasteiger partial charge in [-0.25, -0.2) is 9.79 Å². The molecule has 0 saturated carbocycles. The van der Waals surface area contributed by atoms with Crippen LogP contribution in [-0.4, -0.2) is 108 Å². The highest BCUT2D eigenvalue weighted by molar-refractivity contribution is 7.85. The fourth-order valence-corrected chi connectivity index (χ4v) is 4.98. The first-order chi connectivity index (χ1) is 21.8. The number of carboxylic acids is 1. The summed E-state index contributed by atoms with van der Waals surface area (Å²) < 4.78 is 28.5. The maximum atomic E-state index is 12.9. The van der Waals surface area contributed by atoms with Crippen LogP contribution in [0, 0.1) is 0 Å². The van der Waals surface area contributed by atoms with Crippen molar-refractivity contribution in [2.45, 2.75) is 6.92 Å². The number of fused-ring (bicyclic) bond motifs is 1. The first-order valence-corrected chi connectivity index (χ1v) is 16.3. The van der Waals surface area contributed by atoms with Crippen molar-refractivity contribution in [3.05, 3.63) is 89.5 Å². The van der Waals surface area contributed by atoms with Gasteiger partial charge in [-0.2, -0.15) is 8.42 Å². The molecule has 244 valence electrons. The fourth-order valence-electron chi connectivity index (χ4n) is 4.98. The molecule has 0 spiro atoms. The lowest BCUT2D eigenvalue weighted by Crippen LogP contribution is -2.48. The van der Waals surface area contributed by atoms with Crippen molar-refractivity contribution in [1.29, 1.82) is 0 Å². The van der Waals surface area contributed by atoms with Crippen molar-refractivity contribution >= 4 is 50.0 Å². The lowest BCUT2D eigenvalue weighted by molar-refractivity contribution is -0.119. The Hall–Kier alpha value is -4.56. The predicted octanol–water partition coefficient (Wildman–Crippen LogP) is 3.86. The highest BCUT2D eigenvalue weighted by Crippen LogP contribution is 2.34. The van der Waals surface area contributed by atoms with Gasteiger partial charge >= 0.3 is 5.97 Å². The fraction of sp³-hybridized carbons (Fsp3) is 0.303. The Morgan fingerprint density at radius 3 is 2.09 bits per heavy atom. The first-order valence-electron chi connectivity index (χ1n) is 14.7. The van der Waals surface area contributed by atoms with Gasteiger partial charge in [-0.05, 0) is 50.4 Å². The number of likely N-dealkylation sites (N-methyl/N-ethyl adjacent to an activating group) is 2. The van der Waals surface area contributed by atoms with Gasteiger partial charge < -0.3 is 24.6 Å². The zero-order valence-corrected chi connectivity index (χ0v) is 27.1. The summed E-state index contributed by atoms with van der Waals surface area (Å²) in [6.07, 6.45) is 0. The largest absolute Gasteiger partial charge is 0.494 e. The summed E-state index contributed by atoms with van der Waals surface area (Å²) in [5.41, 5.74) is 4.03. The molecule has 46 heavy (non-hydrogen) atoms. The molecule has 5 rings (SSSR count). The lowest BCUT2D eigenvalue weighted by Gasteiger charge is -2.32. The third-order valence-electron chi connectivity index (χ3n) is 7.87. The highest BCUT2D eigenvalue weighted by atomic mass is 32.2. The topological polar surface area (TPSA) is 156 Å². The molecule has 1 aliphatic rings. The smallest absolute Gasteiger partial charge is 0.335 e. The maximum Gasteiger partial charge on any atom is 0.335 e. The molecular formula is C33H39N5O7S. The molecule has 3 N–H and O–H groups in total. The summed E-state index contributed by atoms with van der Waals surface area (Å²) in [4.78, 5) is 35.5. The van der Waals surface area contributed by atoms with Crippen LogP contribution in [0.3, 0.4) is 0 Å². The van der Waals surface area contributed by atoms with Crippen molar-refractivity contribution in [1.82, 2.24) is 14.4 Å². The number of nitrogens with zero attached hydrogens (tertiary/aromatic N) is 5. The molecule has 13 heteroatoms. The van der Waals surface area contributed by atoms with Gasteiger partial charge in [0, 0.05) is 56.9 Å². The number of aromatic nitrogens is 1. The minimum Gasteiger partial charge on any atom is -0.494 e. The molecule has 0 unspecified atom stereocenters. The normalized spacial score (nSPS) is 14.5. The van der Waals surface area contributed by atoms with Gasteiger partial charge in [0.25, 0.3) is 10.1 Å². The van der Waals surface area contributed by atoms with Crippen molar-refractivity contribution in [3.63, 3.8) is 0 Å². The Morgan fingerprint density at radius 1 is 0.913 bits per heavy atom. The molecule has 4 aromatic rings. The van der Waals surface area contributed by atoms with E-state index in [1.807, 2.05) is 54.6 Å². The monoisotopic (exact) mass is 649 g/mol. The summed E-state index contributed by atoms with van der Waals surface area (Å²) in [7, 11) is 1.91. The SMILES string of the molecule is CCS(=O)(=O)O.CN1CCN(CC(=O)N(C)c2ccc(N=C(c3ccccc3)c3c(O)n(C)c4cc(C(=O)O)ccc34)cc2)CC1. The molecule has 2 heterocycles. The summed E-state index contributed by atoms with van der Waals surface area (Å²) >= 11 is 0. The molecule has 0 bridgehead atoms. The Kier molecular flexibility index (Phi) is 11.0. The number of amides is 1. The van der Waals surface area contributed by atoms with Crippen molar-refractivity contribution in [3.8, 4) is 5.88 Å². The van der Waals surface area contributed by atoms with Crippen LogP contribution in [0.1, 0.15) is 28.4 Å². The van der Waals surface area contributed by atoms with Crippen molar-refractivity contribution in [2.75, 3.05) is 57.5 Å². The number of anilines is 1. The van der Waals surface area contributed by atoms with Crippen LogP contribution in [0.2, 0.25) is 0 Å². The van der Waals surface area contributed by atoms with Crippen LogP contribution < -0.4 is 4.90 Å². The number of benzene rings is 3. The van der Waals surface area contributed by atoms with Crippen LogP contribution in [0.15, 0.2) is 77.8 Å². The van der Waals surface area contributed by atoms with E-state index in [9.17, 15) is 28.2 Å². The average Bonchev–Trinajstić information content (AvgIpc) is 3.29. The average molecular weight is 650 g/mol. The number of hydrogen-bond donors (Lipinski definition) is 3. The number of carbonyl (C=O) groups is 2. The standard InChI is InChI=1S/C31H33N5O4.C2H6O3S/c1-33-15-17-36(18-16-33)20-27(37)34(2)24-12-10-23(11-13-24)32-29(21-7-5-4-6-8-21)28-25-14-9-22(31(39)40)19-26(25)35(3)30(28)38;1-2-6(3,4)5/h4-14,19,38H,15-18,20H2,1-3H3,(H,39,40);2H2,1H3,(H,3,4,5). The molecule has 12 nitrogen and oxygen atoms in total. The second-order valence-electron chi connectivity index (χ2n) is 11.0. The lowest BCUT2D eigenvalue weighted by atomic mass is 10.00. The van der Waals surface area contributed by atoms with Gasteiger partial charge in [0.2, 0.25) is 11.8 Å². The Labute approximate surface area is 268 Å². The van der Waals surface area contributed by atoms with Gasteiger partial charge in [0.05, 0.1) is 40.3 Å². The Balaban J connectivity index is 0.000000731.